The first kappa shape index (κ1) is 15.3. The molecule has 2 nitrogen and oxygen atoms in total. The second-order valence-electron chi connectivity index (χ2n) is 6.95. The molecule has 0 aromatic heterocycles. The van der Waals surface area contributed by atoms with Crippen LogP contribution < -0.4 is 10.6 Å². The molecule has 0 radical (unpaired) electrons. The Bertz CT molecular complexity index is 248. The smallest absolute Gasteiger partial charge is 0.0113 e. The molecule has 1 aliphatic carbocycles. The molecule has 5 atom stereocenters. The highest BCUT2D eigenvalue weighted by Gasteiger charge is 2.33. The van der Waals surface area contributed by atoms with Crippen LogP contribution in [-0.4, -0.2) is 24.7 Å². The van der Waals surface area contributed by atoms with Crippen molar-refractivity contribution in [1.82, 2.24) is 10.6 Å². The summed E-state index contributed by atoms with van der Waals surface area (Å²) in [6, 6.07) is 2.21. The Morgan fingerprint density at radius 2 is 1.79 bits per heavy atom. The maximum absolute atomic E-state index is 3.98. The van der Waals surface area contributed by atoms with Crippen molar-refractivity contribution in [2.75, 3.05) is 6.54 Å². The molecule has 0 bridgehead atoms. The molecule has 5 unspecified atom stereocenters. The van der Waals surface area contributed by atoms with Crippen molar-refractivity contribution in [1.29, 1.82) is 0 Å². The lowest BCUT2D eigenvalue weighted by atomic mass is 9.76. The van der Waals surface area contributed by atoms with Crippen LogP contribution in [0.25, 0.3) is 0 Å². The summed E-state index contributed by atoms with van der Waals surface area (Å²) in [5.74, 6) is 1.67. The fourth-order valence-corrected chi connectivity index (χ4v) is 3.95. The number of hydrogen-bond acceptors (Lipinski definition) is 2. The summed E-state index contributed by atoms with van der Waals surface area (Å²) in [6.45, 7) is 8.32. The van der Waals surface area contributed by atoms with Crippen LogP contribution in [0, 0.1) is 11.8 Å². The summed E-state index contributed by atoms with van der Waals surface area (Å²) < 4.78 is 0. The molecule has 1 heterocycles. The van der Waals surface area contributed by atoms with Gasteiger partial charge in [-0.1, -0.05) is 39.5 Å². The monoisotopic (exact) mass is 266 g/mol. The van der Waals surface area contributed by atoms with Gasteiger partial charge in [-0.3, -0.25) is 0 Å². The van der Waals surface area contributed by atoms with Gasteiger partial charge in [0.2, 0.25) is 0 Å². The Morgan fingerprint density at radius 3 is 2.47 bits per heavy atom. The highest BCUT2D eigenvalue weighted by atomic mass is 15.0. The normalized spacial score (nSPS) is 35.8. The minimum Gasteiger partial charge on any atom is -0.314 e. The van der Waals surface area contributed by atoms with E-state index >= 15 is 0 Å². The van der Waals surface area contributed by atoms with Gasteiger partial charge in [-0.15, -0.1) is 0 Å². The molecule has 2 heteroatoms. The second-order valence-corrected chi connectivity index (χ2v) is 6.95. The first-order chi connectivity index (χ1) is 9.22. The molecule has 2 aliphatic rings. The Kier molecular flexibility index (Phi) is 6.15. The molecule has 0 aromatic rings. The summed E-state index contributed by atoms with van der Waals surface area (Å²) in [7, 11) is 0. The van der Waals surface area contributed by atoms with Crippen LogP contribution in [-0.2, 0) is 0 Å². The van der Waals surface area contributed by atoms with Gasteiger partial charge in [0.1, 0.15) is 0 Å². The van der Waals surface area contributed by atoms with Crippen molar-refractivity contribution in [3.63, 3.8) is 0 Å². The van der Waals surface area contributed by atoms with Crippen molar-refractivity contribution in [2.24, 2.45) is 11.8 Å². The summed E-state index contributed by atoms with van der Waals surface area (Å²) in [6.07, 6.45) is 11.2. The molecule has 2 fully saturated rings. The molecular formula is C17H34N2. The predicted molar refractivity (Wildman–Crippen MR) is 83.4 cm³/mol. The Hall–Kier alpha value is -0.0800. The minimum atomic E-state index is 0.666. The third-order valence-corrected chi connectivity index (χ3v) is 5.66. The van der Waals surface area contributed by atoms with Gasteiger partial charge in [0.15, 0.2) is 0 Å². The van der Waals surface area contributed by atoms with E-state index in [0.717, 1.165) is 23.9 Å². The highest BCUT2D eigenvalue weighted by Crippen LogP contribution is 2.31. The van der Waals surface area contributed by atoms with E-state index in [1.165, 1.54) is 57.9 Å². The second kappa shape index (κ2) is 7.64. The third-order valence-electron chi connectivity index (χ3n) is 5.66. The van der Waals surface area contributed by atoms with Gasteiger partial charge < -0.3 is 10.6 Å². The Balaban J connectivity index is 1.91. The average Bonchev–Trinajstić information content (AvgIpc) is 2.47. The molecule has 1 aliphatic heterocycles. The Labute approximate surface area is 120 Å². The van der Waals surface area contributed by atoms with Crippen LogP contribution >= 0.6 is 0 Å². The topological polar surface area (TPSA) is 24.1 Å². The molecule has 1 saturated carbocycles. The van der Waals surface area contributed by atoms with Gasteiger partial charge in [-0.2, -0.15) is 0 Å². The number of rotatable bonds is 5. The molecule has 112 valence electrons. The zero-order valence-corrected chi connectivity index (χ0v) is 13.3. The molecular weight excluding hydrogens is 232 g/mol. The maximum atomic E-state index is 3.98. The molecule has 1 saturated heterocycles. The Morgan fingerprint density at radius 1 is 1.05 bits per heavy atom. The van der Waals surface area contributed by atoms with Gasteiger partial charge in [0.05, 0.1) is 0 Å². The number of piperidine rings is 1. The average molecular weight is 266 g/mol. The highest BCUT2D eigenvalue weighted by molar-refractivity contribution is 4.91. The zero-order valence-electron chi connectivity index (χ0n) is 13.3. The molecule has 0 aromatic carbocycles. The number of hydrogen-bond donors (Lipinski definition) is 2. The molecule has 19 heavy (non-hydrogen) atoms. The predicted octanol–water partition coefficient (Wildman–Crippen LogP) is 3.71. The van der Waals surface area contributed by atoms with Crippen molar-refractivity contribution in [3.05, 3.63) is 0 Å². The van der Waals surface area contributed by atoms with E-state index in [1.807, 2.05) is 0 Å². The van der Waals surface area contributed by atoms with Crippen molar-refractivity contribution in [3.8, 4) is 0 Å². The van der Waals surface area contributed by atoms with Gasteiger partial charge in [-0.25, -0.2) is 0 Å². The fraction of sp³-hybridized carbons (Fsp3) is 1.00. The summed E-state index contributed by atoms with van der Waals surface area (Å²) in [5, 5.41) is 7.77. The van der Waals surface area contributed by atoms with E-state index in [4.69, 9.17) is 0 Å². The van der Waals surface area contributed by atoms with E-state index in [-0.39, 0.29) is 0 Å². The van der Waals surface area contributed by atoms with Crippen LogP contribution in [0.1, 0.15) is 72.1 Å². The van der Waals surface area contributed by atoms with E-state index in [2.05, 4.69) is 31.4 Å². The van der Waals surface area contributed by atoms with Crippen molar-refractivity contribution >= 4 is 0 Å². The van der Waals surface area contributed by atoms with Gasteiger partial charge >= 0.3 is 0 Å². The van der Waals surface area contributed by atoms with Crippen LogP contribution in [0.2, 0.25) is 0 Å². The first-order valence-corrected chi connectivity index (χ1v) is 8.71. The van der Waals surface area contributed by atoms with Crippen LogP contribution in [0.4, 0.5) is 0 Å². The lowest BCUT2D eigenvalue weighted by molar-refractivity contribution is 0.164. The zero-order chi connectivity index (χ0) is 13.7. The molecule has 0 spiro atoms. The van der Waals surface area contributed by atoms with Crippen LogP contribution in [0.5, 0.6) is 0 Å². The minimum absolute atomic E-state index is 0.666. The standard InChI is InChI=1S/C17H34N2/c1-4-13(2)14(3)19-17-11-6-5-9-15(17)16-10-7-8-12-18-16/h13-19H,4-12H2,1-3H3. The van der Waals surface area contributed by atoms with E-state index in [1.54, 1.807) is 0 Å². The summed E-state index contributed by atoms with van der Waals surface area (Å²) in [5.41, 5.74) is 0. The first-order valence-electron chi connectivity index (χ1n) is 8.71. The van der Waals surface area contributed by atoms with E-state index in [0.29, 0.717) is 6.04 Å². The summed E-state index contributed by atoms with van der Waals surface area (Å²) in [4.78, 5) is 0. The van der Waals surface area contributed by atoms with Crippen LogP contribution in [0.3, 0.4) is 0 Å². The fourth-order valence-electron chi connectivity index (χ4n) is 3.95. The SMILES string of the molecule is CCC(C)C(C)NC1CCCCC1C1CCCCN1. The summed E-state index contributed by atoms with van der Waals surface area (Å²) >= 11 is 0. The lowest BCUT2D eigenvalue weighted by Crippen LogP contribution is -2.53. The third kappa shape index (κ3) is 4.19. The molecule has 2 rings (SSSR count). The van der Waals surface area contributed by atoms with Gasteiger partial charge in [0.25, 0.3) is 0 Å². The number of nitrogens with one attached hydrogen (secondary N) is 2. The van der Waals surface area contributed by atoms with Crippen LogP contribution in [0.15, 0.2) is 0 Å². The largest absolute Gasteiger partial charge is 0.314 e. The van der Waals surface area contributed by atoms with Crippen molar-refractivity contribution < 1.29 is 0 Å². The molecule has 0 amide bonds. The van der Waals surface area contributed by atoms with Gasteiger partial charge in [0, 0.05) is 18.1 Å². The van der Waals surface area contributed by atoms with E-state index < -0.39 is 0 Å². The van der Waals surface area contributed by atoms with E-state index in [9.17, 15) is 0 Å². The lowest BCUT2D eigenvalue weighted by Gasteiger charge is -2.41. The maximum Gasteiger partial charge on any atom is 0.0113 e. The van der Waals surface area contributed by atoms with Crippen molar-refractivity contribution in [2.45, 2.75) is 90.3 Å². The molecule has 2 N–H and O–H groups in total. The van der Waals surface area contributed by atoms with Gasteiger partial charge in [-0.05, 0) is 51.0 Å². The quantitative estimate of drug-likeness (QED) is 0.792.